The molecule has 0 heterocycles. The summed E-state index contributed by atoms with van der Waals surface area (Å²) in [4.78, 5) is 28.1. The zero-order valence-electron chi connectivity index (χ0n) is 21.9. The van der Waals surface area contributed by atoms with Crippen molar-refractivity contribution in [1.82, 2.24) is 4.90 Å². The molecule has 1 aliphatic carbocycles. The van der Waals surface area contributed by atoms with Crippen molar-refractivity contribution in [3.8, 4) is 0 Å². The Morgan fingerprint density at radius 2 is 1.15 bits per heavy atom. The van der Waals surface area contributed by atoms with Gasteiger partial charge in [-0.2, -0.15) is 0 Å². The van der Waals surface area contributed by atoms with Gasteiger partial charge in [0.15, 0.2) is 0 Å². The van der Waals surface area contributed by atoms with E-state index in [1.807, 2.05) is 6.08 Å². The quantitative estimate of drug-likeness (QED) is 0.0671. The summed E-state index contributed by atoms with van der Waals surface area (Å²) >= 11 is 0. The monoisotopic (exact) mass is 463 g/mol. The topological polar surface area (TPSA) is 55.8 Å². The lowest BCUT2D eigenvalue weighted by Gasteiger charge is -2.21. The Morgan fingerprint density at radius 3 is 1.61 bits per heavy atom. The van der Waals surface area contributed by atoms with Crippen molar-refractivity contribution in [2.45, 2.75) is 118 Å². The molecular formula is C28H49NO4. The van der Waals surface area contributed by atoms with Crippen LogP contribution in [-0.4, -0.2) is 43.1 Å². The number of ether oxygens (including phenoxy) is 2. The molecular weight excluding hydrogens is 414 g/mol. The number of unbranched alkanes of at least 4 members (excludes halogenated alkanes) is 10. The summed E-state index contributed by atoms with van der Waals surface area (Å²) < 4.78 is 11.0. The van der Waals surface area contributed by atoms with Crippen LogP contribution in [0.15, 0.2) is 22.9 Å². The third kappa shape index (κ3) is 11.8. The molecule has 33 heavy (non-hydrogen) atoms. The van der Waals surface area contributed by atoms with Gasteiger partial charge in [-0.25, -0.2) is 9.59 Å². The van der Waals surface area contributed by atoms with Gasteiger partial charge in [-0.1, -0.05) is 78.1 Å². The molecule has 1 rings (SSSR count). The number of carbonyl (C=O) groups excluding carboxylic acids is 2. The second-order valence-corrected chi connectivity index (χ2v) is 9.02. The van der Waals surface area contributed by atoms with E-state index in [1.165, 1.54) is 44.2 Å². The molecule has 5 heteroatoms. The van der Waals surface area contributed by atoms with E-state index in [-0.39, 0.29) is 5.57 Å². The highest BCUT2D eigenvalue weighted by Gasteiger charge is 2.28. The Bertz CT molecular complexity index is 587. The number of rotatable bonds is 19. The molecule has 0 saturated heterocycles. The second-order valence-electron chi connectivity index (χ2n) is 9.02. The van der Waals surface area contributed by atoms with E-state index >= 15 is 0 Å². The lowest BCUT2D eigenvalue weighted by Crippen LogP contribution is -2.21. The smallest absolute Gasteiger partial charge is 0.345 e. The van der Waals surface area contributed by atoms with Crippen LogP contribution in [0.2, 0.25) is 0 Å². The molecule has 0 amide bonds. The van der Waals surface area contributed by atoms with Gasteiger partial charge in [0.05, 0.1) is 13.2 Å². The Balaban J connectivity index is 2.71. The fraction of sp³-hybridized carbons (Fsp3) is 0.786. The molecule has 0 aromatic rings. The van der Waals surface area contributed by atoms with Crippen molar-refractivity contribution in [2.75, 3.05) is 26.3 Å². The van der Waals surface area contributed by atoms with Crippen molar-refractivity contribution in [1.29, 1.82) is 0 Å². The Morgan fingerprint density at radius 1 is 0.697 bits per heavy atom. The summed E-state index contributed by atoms with van der Waals surface area (Å²) in [7, 11) is 0. The van der Waals surface area contributed by atoms with Gasteiger partial charge in [-0.15, -0.1) is 0 Å². The number of nitrogens with zero attached hydrogens (tertiary/aromatic N) is 1. The molecule has 0 aliphatic heterocycles. The molecule has 0 atom stereocenters. The highest BCUT2D eigenvalue weighted by Crippen LogP contribution is 2.29. The van der Waals surface area contributed by atoms with Gasteiger partial charge < -0.3 is 14.4 Å². The SMILES string of the molecule is CCCCCCCCOC(=O)C(C(=O)OCCCCCCCC)=C1C=C(N(CC)CC)CC1. The van der Waals surface area contributed by atoms with E-state index in [1.54, 1.807) is 0 Å². The van der Waals surface area contributed by atoms with Crippen LogP contribution in [0, 0.1) is 0 Å². The van der Waals surface area contributed by atoms with Crippen molar-refractivity contribution >= 4 is 11.9 Å². The van der Waals surface area contributed by atoms with Gasteiger partial charge in [-0.3, -0.25) is 0 Å². The summed E-state index contributed by atoms with van der Waals surface area (Å²) in [5.74, 6) is -1.05. The minimum Gasteiger partial charge on any atom is -0.462 e. The minimum atomic E-state index is -0.524. The van der Waals surface area contributed by atoms with E-state index < -0.39 is 11.9 Å². The van der Waals surface area contributed by atoms with Crippen LogP contribution in [0.4, 0.5) is 0 Å². The van der Waals surface area contributed by atoms with E-state index in [4.69, 9.17) is 9.47 Å². The highest BCUT2D eigenvalue weighted by molar-refractivity contribution is 6.15. The summed E-state index contributed by atoms with van der Waals surface area (Å²) in [6.45, 7) is 11.2. The van der Waals surface area contributed by atoms with Gasteiger partial charge in [0, 0.05) is 18.8 Å². The van der Waals surface area contributed by atoms with E-state index in [2.05, 4.69) is 32.6 Å². The molecule has 0 aromatic heterocycles. The zero-order valence-corrected chi connectivity index (χ0v) is 21.9. The van der Waals surface area contributed by atoms with Crippen LogP contribution in [0.25, 0.3) is 0 Å². The lowest BCUT2D eigenvalue weighted by molar-refractivity contribution is -0.147. The Labute approximate surface area is 203 Å². The summed E-state index contributed by atoms with van der Waals surface area (Å²) in [5, 5.41) is 0. The predicted octanol–water partition coefficient (Wildman–Crippen LogP) is 7.11. The van der Waals surface area contributed by atoms with Crippen LogP contribution in [0.3, 0.4) is 0 Å². The first-order valence-corrected chi connectivity index (χ1v) is 13.6. The van der Waals surface area contributed by atoms with Crippen molar-refractivity contribution in [2.24, 2.45) is 0 Å². The number of allylic oxidation sites excluding steroid dienone is 3. The number of hydrogen-bond donors (Lipinski definition) is 0. The fourth-order valence-corrected chi connectivity index (χ4v) is 4.27. The summed E-state index contributed by atoms with van der Waals surface area (Å²) in [6, 6.07) is 0. The van der Waals surface area contributed by atoms with E-state index in [0.29, 0.717) is 19.6 Å². The average molecular weight is 464 g/mol. The van der Waals surface area contributed by atoms with Crippen LogP contribution in [-0.2, 0) is 19.1 Å². The highest BCUT2D eigenvalue weighted by atomic mass is 16.6. The largest absolute Gasteiger partial charge is 0.462 e. The fourth-order valence-electron chi connectivity index (χ4n) is 4.27. The molecule has 0 fully saturated rings. The maximum Gasteiger partial charge on any atom is 0.345 e. The zero-order chi connectivity index (χ0) is 24.3. The molecule has 190 valence electrons. The Kier molecular flexibility index (Phi) is 16.5. The maximum absolute atomic E-state index is 12.9. The van der Waals surface area contributed by atoms with Crippen LogP contribution in [0.5, 0.6) is 0 Å². The first-order chi connectivity index (χ1) is 16.1. The first-order valence-electron chi connectivity index (χ1n) is 13.6. The third-order valence-corrected chi connectivity index (χ3v) is 6.35. The van der Waals surface area contributed by atoms with Gasteiger partial charge in [0.1, 0.15) is 5.57 Å². The van der Waals surface area contributed by atoms with E-state index in [9.17, 15) is 9.59 Å². The Hall–Kier alpha value is -1.78. The van der Waals surface area contributed by atoms with Gasteiger partial charge in [0.2, 0.25) is 0 Å². The molecule has 0 aromatic carbocycles. The van der Waals surface area contributed by atoms with E-state index in [0.717, 1.165) is 63.6 Å². The molecule has 0 saturated carbocycles. The molecule has 0 bridgehead atoms. The second kappa shape index (κ2) is 18.6. The average Bonchev–Trinajstić information content (AvgIpc) is 3.28. The summed E-state index contributed by atoms with van der Waals surface area (Å²) in [6.07, 6.45) is 17.0. The number of hydrogen-bond acceptors (Lipinski definition) is 5. The van der Waals surface area contributed by atoms with Gasteiger partial charge in [-0.05, 0) is 51.2 Å². The van der Waals surface area contributed by atoms with Crippen LogP contribution >= 0.6 is 0 Å². The van der Waals surface area contributed by atoms with Crippen molar-refractivity contribution in [3.05, 3.63) is 22.9 Å². The molecule has 0 spiro atoms. The maximum atomic E-state index is 12.9. The third-order valence-electron chi connectivity index (χ3n) is 6.35. The number of esters is 2. The van der Waals surface area contributed by atoms with Gasteiger partial charge in [0.25, 0.3) is 0 Å². The minimum absolute atomic E-state index is 0.106. The van der Waals surface area contributed by atoms with Crippen molar-refractivity contribution in [3.63, 3.8) is 0 Å². The molecule has 1 aliphatic rings. The first kappa shape index (κ1) is 29.3. The standard InChI is InChI=1S/C28H49NO4/c1-5-9-11-13-15-17-21-32-27(30)26(24-19-20-25(23-24)29(7-3)8-4)28(31)33-22-18-16-14-12-10-6-2/h23H,5-22H2,1-4H3. The lowest BCUT2D eigenvalue weighted by atomic mass is 10.1. The molecule has 0 radical (unpaired) electrons. The molecule has 0 unspecified atom stereocenters. The van der Waals surface area contributed by atoms with Crippen molar-refractivity contribution < 1.29 is 19.1 Å². The summed E-state index contributed by atoms with van der Waals surface area (Å²) in [5.41, 5.74) is 2.05. The van der Waals surface area contributed by atoms with Crippen LogP contribution in [0.1, 0.15) is 118 Å². The van der Waals surface area contributed by atoms with Gasteiger partial charge >= 0.3 is 11.9 Å². The molecule has 0 N–H and O–H groups in total. The molecule has 5 nitrogen and oxygen atoms in total. The normalized spacial score (nSPS) is 13.1. The van der Waals surface area contributed by atoms with Crippen LogP contribution < -0.4 is 0 Å². The predicted molar refractivity (Wildman–Crippen MR) is 136 cm³/mol. The number of carbonyl (C=O) groups is 2.